The molecule has 7 heteroatoms. The molecule has 0 aliphatic carbocycles. The molecule has 0 amide bonds. The number of alkyl halides is 3. The molecule has 27 heavy (non-hydrogen) atoms. The van der Waals surface area contributed by atoms with Gasteiger partial charge in [0, 0.05) is 17.1 Å². The Kier molecular flexibility index (Phi) is 5.06. The minimum atomic E-state index is -4.83. The van der Waals surface area contributed by atoms with Crippen LogP contribution in [0.3, 0.4) is 0 Å². The fourth-order valence-electron chi connectivity index (χ4n) is 2.77. The Morgan fingerprint density at radius 2 is 1.67 bits per heavy atom. The second kappa shape index (κ2) is 7.29. The summed E-state index contributed by atoms with van der Waals surface area (Å²) in [7, 11) is 0. The first-order chi connectivity index (χ1) is 12.8. The second-order valence-electron chi connectivity index (χ2n) is 5.76. The highest BCUT2D eigenvalue weighted by Gasteiger charge is 2.36. The van der Waals surface area contributed by atoms with E-state index < -0.39 is 23.0 Å². The van der Waals surface area contributed by atoms with Crippen LogP contribution in [-0.4, -0.2) is 4.57 Å². The maximum Gasteiger partial charge on any atom is 0.407 e. The van der Waals surface area contributed by atoms with Crippen molar-refractivity contribution >= 4 is 17.3 Å². The third-order valence-corrected chi connectivity index (χ3v) is 4.35. The fraction of sp³-hybridized carbons (Fsp3) is 0.100. The first-order valence-corrected chi connectivity index (χ1v) is 8.22. The van der Waals surface area contributed by atoms with E-state index in [2.05, 4.69) is 4.85 Å². The summed E-state index contributed by atoms with van der Waals surface area (Å²) in [6.07, 6.45) is -4.83. The second-order valence-corrected chi connectivity index (χ2v) is 6.17. The van der Waals surface area contributed by atoms with Crippen LogP contribution in [0.15, 0.2) is 65.5 Å². The lowest BCUT2D eigenvalue weighted by atomic mass is 10.1. The van der Waals surface area contributed by atoms with E-state index >= 15 is 0 Å². The van der Waals surface area contributed by atoms with Crippen LogP contribution < -0.4 is 5.56 Å². The van der Waals surface area contributed by atoms with Gasteiger partial charge < -0.3 is 4.57 Å². The van der Waals surface area contributed by atoms with E-state index in [4.69, 9.17) is 18.2 Å². The average Bonchev–Trinajstić information content (AvgIpc) is 2.63. The Labute approximate surface area is 158 Å². The molecule has 0 unspecified atom stereocenters. The van der Waals surface area contributed by atoms with Crippen LogP contribution in [0.25, 0.3) is 16.1 Å². The molecule has 136 valence electrons. The molecule has 0 fully saturated rings. The number of rotatable bonds is 3. The molecule has 0 spiro atoms. The van der Waals surface area contributed by atoms with Gasteiger partial charge in [0.05, 0.1) is 17.8 Å². The van der Waals surface area contributed by atoms with E-state index in [9.17, 15) is 18.0 Å². The number of pyridine rings is 1. The maximum atomic E-state index is 13.4. The highest BCUT2D eigenvalue weighted by atomic mass is 35.5. The minimum Gasteiger partial charge on any atom is -0.313 e. The maximum absolute atomic E-state index is 13.4. The van der Waals surface area contributed by atoms with E-state index in [1.165, 1.54) is 12.1 Å². The van der Waals surface area contributed by atoms with Crippen LogP contribution in [0.4, 0.5) is 18.9 Å². The molecule has 0 aliphatic rings. The molecule has 0 bridgehead atoms. The SMILES string of the molecule is [C-]#[N+]c1c(C(F)(F)F)cc(-c2ccccc2Cl)n(Cc2ccccc2)c1=O. The van der Waals surface area contributed by atoms with Crippen LogP contribution in [0.1, 0.15) is 11.1 Å². The van der Waals surface area contributed by atoms with Gasteiger partial charge in [0.25, 0.3) is 11.2 Å². The van der Waals surface area contributed by atoms with Crippen molar-refractivity contribution in [2.24, 2.45) is 0 Å². The normalized spacial score (nSPS) is 11.2. The standard InChI is InChI=1S/C20H12ClF3N2O/c1-25-18-15(20(22,23)24)11-17(14-9-5-6-10-16(14)21)26(19(18)27)12-13-7-3-2-4-8-13/h2-11H,12H2. The first kappa shape index (κ1) is 18.7. The van der Waals surface area contributed by atoms with Crippen molar-refractivity contribution in [2.45, 2.75) is 12.7 Å². The molecule has 3 nitrogen and oxygen atoms in total. The van der Waals surface area contributed by atoms with Crippen molar-refractivity contribution < 1.29 is 13.2 Å². The van der Waals surface area contributed by atoms with Gasteiger partial charge in [-0.15, -0.1) is 0 Å². The molecular weight excluding hydrogens is 377 g/mol. The summed E-state index contributed by atoms with van der Waals surface area (Å²) in [6, 6.07) is 16.0. The number of aromatic nitrogens is 1. The molecule has 0 radical (unpaired) electrons. The van der Waals surface area contributed by atoms with E-state index in [1.807, 2.05) is 0 Å². The first-order valence-electron chi connectivity index (χ1n) is 7.84. The Morgan fingerprint density at radius 1 is 1.04 bits per heavy atom. The predicted molar refractivity (Wildman–Crippen MR) is 98.0 cm³/mol. The van der Waals surface area contributed by atoms with E-state index in [-0.39, 0.29) is 22.8 Å². The minimum absolute atomic E-state index is 0.00850. The van der Waals surface area contributed by atoms with Gasteiger partial charge in [-0.2, -0.15) is 13.2 Å². The third-order valence-electron chi connectivity index (χ3n) is 4.03. The zero-order chi connectivity index (χ0) is 19.6. The summed E-state index contributed by atoms with van der Waals surface area (Å²) < 4.78 is 41.5. The van der Waals surface area contributed by atoms with Crippen molar-refractivity contribution in [1.82, 2.24) is 4.57 Å². The highest BCUT2D eigenvalue weighted by molar-refractivity contribution is 6.33. The van der Waals surface area contributed by atoms with E-state index in [1.54, 1.807) is 42.5 Å². The van der Waals surface area contributed by atoms with Crippen LogP contribution >= 0.6 is 11.6 Å². The molecule has 0 aliphatic heterocycles. The topological polar surface area (TPSA) is 26.4 Å². The Hall–Kier alpha value is -3.04. The summed E-state index contributed by atoms with van der Waals surface area (Å²) in [5.74, 6) is 0. The van der Waals surface area contributed by atoms with Gasteiger partial charge in [-0.25, -0.2) is 4.85 Å². The van der Waals surface area contributed by atoms with Crippen LogP contribution in [0.5, 0.6) is 0 Å². The molecule has 3 rings (SSSR count). The van der Waals surface area contributed by atoms with Gasteiger partial charge in [-0.1, -0.05) is 60.1 Å². The number of halogens is 4. The molecular formula is C20H12ClF3N2O. The van der Waals surface area contributed by atoms with E-state index in [0.717, 1.165) is 10.6 Å². The van der Waals surface area contributed by atoms with Gasteiger partial charge in [-0.05, 0) is 17.7 Å². The summed E-state index contributed by atoms with van der Waals surface area (Å²) in [5.41, 5.74) is -2.21. The Balaban J connectivity index is 2.35. The lowest BCUT2D eigenvalue weighted by Crippen LogP contribution is -2.25. The van der Waals surface area contributed by atoms with Crippen LogP contribution in [0, 0.1) is 6.57 Å². The van der Waals surface area contributed by atoms with Crippen molar-refractivity contribution in [2.75, 3.05) is 0 Å². The molecule has 1 aromatic heterocycles. The fourth-order valence-corrected chi connectivity index (χ4v) is 3.01. The van der Waals surface area contributed by atoms with Crippen molar-refractivity contribution in [3.05, 3.63) is 98.6 Å². The number of hydrogen-bond acceptors (Lipinski definition) is 1. The van der Waals surface area contributed by atoms with Gasteiger partial charge >= 0.3 is 6.18 Å². The summed E-state index contributed by atoms with van der Waals surface area (Å²) in [4.78, 5) is 15.6. The zero-order valence-electron chi connectivity index (χ0n) is 13.8. The molecule has 1 heterocycles. The van der Waals surface area contributed by atoms with E-state index in [0.29, 0.717) is 5.56 Å². The van der Waals surface area contributed by atoms with Crippen molar-refractivity contribution in [1.29, 1.82) is 0 Å². The largest absolute Gasteiger partial charge is 0.407 e. The van der Waals surface area contributed by atoms with Gasteiger partial charge in [0.1, 0.15) is 0 Å². The van der Waals surface area contributed by atoms with Crippen molar-refractivity contribution in [3.63, 3.8) is 0 Å². The van der Waals surface area contributed by atoms with Gasteiger partial charge in [0.15, 0.2) is 0 Å². The van der Waals surface area contributed by atoms with Crippen LogP contribution in [-0.2, 0) is 12.7 Å². The average molecular weight is 389 g/mol. The Bertz CT molecular complexity index is 1080. The molecule has 0 N–H and O–H groups in total. The lowest BCUT2D eigenvalue weighted by molar-refractivity contribution is -0.136. The number of nitrogens with zero attached hydrogens (tertiary/aromatic N) is 2. The molecule has 0 atom stereocenters. The number of benzene rings is 2. The summed E-state index contributed by atoms with van der Waals surface area (Å²) in [6.45, 7) is 7.10. The molecule has 0 saturated carbocycles. The number of hydrogen-bond donors (Lipinski definition) is 0. The van der Waals surface area contributed by atoms with Gasteiger partial charge in [-0.3, -0.25) is 4.79 Å². The summed E-state index contributed by atoms with van der Waals surface area (Å²) in [5, 5.41) is 0.211. The van der Waals surface area contributed by atoms with Gasteiger partial charge in [0.2, 0.25) is 0 Å². The quantitative estimate of drug-likeness (QED) is 0.522. The smallest absolute Gasteiger partial charge is 0.313 e. The third kappa shape index (κ3) is 3.74. The highest BCUT2D eigenvalue weighted by Crippen LogP contribution is 2.38. The monoisotopic (exact) mass is 388 g/mol. The molecule has 3 aromatic rings. The predicted octanol–water partition coefficient (Wildman–Crippen LogP) is 5.79. The molecule has 0 saturated heterocycles. The Morgan fingerprint density at radius 3 is 2.26 bits per heavy atom. The summed E-state index contributed by atoms with van der Waals surface area (Å²) >= 11 is 6.17. The van der Waals surface area contributed by atoms with Crippen LogP contribution in [0.2, 0.25) is 5.02 Å². The molecule has 2 aromatic carbocycles. The lowest BCUT2D eigenvalue weighted by Gasteiger charge is -2.18. The van der Waals surface area contributed by atoms with Crippen molar-refractivity contribution in [3.8, 4) is 11.3 Å². The zero-order valence-corrected chi connectivity index (χ0v) is 14.6.